The quantitative estimate of drug-likeness (QED) is 0.774. The Morgan fingerprint density at radius 2 is 1.96 bits per heavy atom. The second-order valence-electron chi connectivity index (χ2n) is 7.32. The van der Waals surface area contributed by atoms with E-state index in [9.17, 15) is 14.0 Å². The first kappa shape index (κ1) is 16.9. The number of fused-ring (bicyclic) bond motifs is 2. The van der Waals surface area contributed by atoms with E-state index in [0.29, 0.717) is 44.1 Å². The van der Waals surface area contributed by atoms with Crippen LogP contribution in [0.1, 0.15) is 10.4 Å². The zero-order chi connectivity index (χ0) is 19.3. The third-order valence-corrected chi connectivity index (χ3v) is 5.68. The third-order valence-electron chi connectivity index (χ3n) is 5.68. The number of carbonyl (C=O) groups is 2. The lowest BCUT2D eigenvalue weighted by Gasteiger charge is -2.51. The maximum Gasteiger partial charge on any atom is 0.411 e. The molecule has 3 aliphatic rings. The van der Waals surface area contributed by atoms with Crippen molar-refractivity contribution < 1.29 is 18.7 Å². The number of anilines is 1. The smallest absolute Gasteiger partial charge is 0.411 e. The fraction of sp³-hybridized carbons (Fsp3) is 0.368. The highest BCUT2D eigenvalue weighted by Crippen LogP contribution is 2.41. The number of amides is 2. The second-order valence-corrected chi connectivity index (χ2v) is 7.32. The molecule has 0 aliphatic carbocycles. The fourth-order valence-corrected chi connectivity index (χ4v) is 4.21. The van der Waals surface area contributed by atoms with Gasteiger partial charge in [-0.05, 0) is 24.3 Å². The summed E-state index contributed by atoms with van der Waals surface area (Å²) < 4.78 is 18.8. The minimum Gasteiger partial charge on any atom is -0.437 e. The van der Waals surface area contributed by atoms with Crippen molar-refractivity contribution in [2.75, 3.05) is 37.6 Å². The molecule has 2 amide bonds. The highest BCUT2D eigenvalue weighted by atomic mass is 19.1. The molecule has 3 aliphatic heterocycles. The van der Waals surface area contributed by atoms with Crippen LogP contribution in [0.2, 0.25) is 0 Å². The van der Waals surface area contributed by atoms with Gasteiger partial charge in [-0.3, -0.25) is 14.7 Å². The summed E-state index contributed by atoms with van der Waals surface area (Å²) in [5.41, 5.74) is -0.0989. The number of carbonyl (C=O) groups excluding carboxylic acids is 2. The van der Waals surface area contributed by atoms with Crippen molar-refractivity contribution in [3.05, 3.63) is 54.2 Å². The van der Waals surface area contributed by atoms with Crippen LogP contribution in [0.25, 0.3) is 0 Å². The number of pyridine rings is 2. The Morgan fingerprint density at radius 3 is 2.68 bits per heavy atom. The lowest BCUT2D eigenvalue weighted by molar-refractivity contribution is -0.00669. The van der Waals surface area contributed by atoms with Gasteiger partial charge in [0.15, 0.2) is 5.60 Å². The molecule has 0 aromatic carbocycles. The van der Waals surface area contributed by atoms with Crippen molar-refractivity contribution >= 4 is 17.8 Å². The largest absolute Gasteiger partial charge is 0.437 e. The summed E-state index contributed by atoms with van der Waals surface area (Å²) in [7, 11) is 0. The van der Waals surface area contributed by atoms with E-state index in [2.05, 4.69) is 9.97 Å². The molecule has 9 heteroatoms. The molecule has 0 saturated carbocycles. The van der Waals surface area contributed by atoms with Gasteiger partial charge in [0, 0.05) is 37.6 Å². The van der Waals surface area contributed by atoms with Gasteiger partial charge < -0.3 is 14.5 Å². The van der Waals surface area contributed by atoms with Crippen LogP contribution in [0, 0.1) is 5.82 Å². The minimum absolute atomic E-state index is 0.0760. The maximum absolute atomic E-state index is 13.1. The van der Waals surface area contributed by atoms with Crippen LogP contribution in [-0.2, 0) is 4.74 Å². The van der Waals surface area contributed by atoms with Crippen LogP contribution in [0.4, 0.5) is 15.0 Å². The van der Waals surface area contributed by atoms with E-state index in [-0.39, 0.29) is 18.0 Å². The number of halogens is 1. The molecule has 3 saturated heterocycles. The number of ether oxygens (including phenoxy) is 1. The fourth-order valence-electron chi connectivity index (χ4n) is 4.21. The first-order valence-corrected chi connectivity index (χ1v) is 9.11. The molecular weight excluding hydrogens is 365 g/mol. The SMILES string of the molecule is O=C(c1ccncc1)N1CCN2C(=O)OC3(CN(c4ccc(F)cn4)C3)C2C1. The molecule has 2 aromatic rings. The molecule has 5 heterocycles. The first-order valence-electron chi connectivity index (χ1n) is 9.11. The van der Waals surface area contributed by atoms with Gasteiger partial charge in [0.2, 0.25) is 0 Å². The van der Waals surface area contributed by atoms with Gasteiger partial charge in [0.1, 0.15) is 11.6 Å². The van der Waals surface area contributed by atoms with Gasteiger partial charge in [0.25, 0.3) is 5.91 Å². The molecule has 0 N–H and O–H groups in total. The molecule has 144 valence electrons. The lowest BCUT2D eigenvalue weighted by Crippen LogP contribution is -2.71. The summed E-state index contributed by atoms with van der Waals surface area (Å²) in [4.78, 5) is 38.6. The molecule has 28 heavy (non-hydrogen) atoms. The van der Waals surface area contributed by atoms with Gasteiger partial charge in [-0.15, -0.1) is 0 Å². The molecule has 8 nitrogen and oxygen atoms in total. The van der Waals surface area contributed by atoms with Crippen molar-refractivity contribution in [1.29, 1.82) is 0 Å². The first-order chi connectivity index (χ1) is 13.6. The Hall–Kier alpha value is -3.23. The minimum atomic E-state index is -0.676. The molecule has 1 spiro atoms. The summed E-state index contributed by atoms with van der Waals surface area (Å²) in [5.74, 6) is 0.171. The molecule has 2 aromatic heterocycles. The van der Waals surface area contributed by atoms with Gasteiger partial charge >= 0.3 is 6.09 Å². The Labute approximate surface area is 160 Å². The topological polar surface area (TPSA) is 78.9 Å². The van der Waals surface area contributed by atoms with Crippen LogP contribution in [-0.4, -0.2) is 76.1 Å². The molecule has 3 fully saturated rings. The molecule has 0 bridgehead atoms. The van der Waals surface area contributed by atoms with Crippen molar-refractivity contribution in [3.63, 3.8) is 0 Å². The van der Waals surface area contributed by atoms with Crippen molar-refractivity contribution in [2.45, 2.75) is 11.6 Å². The third kappa shape index (κ3) is 2.57. The normalized spacial score (nSPS) is 22.7. The van der Waals surface area contributed by atoms with Gasteiger partial charge in [-0.25, -0.2) is 14.2 Å². The van der Waals surface area contributed by atoms with E-state index in [1.165, 1.54) is 12.3 Å². The standard InChI is InChI=1S/C19H18FN5O3/c20-14-1-2-16(22-9-14)24-11-19(12-24)15-10-23(7-8-25(15)18(27)28-19)17(26)13-3-5-21-6-4-13/h1-6,9,15H,7-8,10-12H2. The maximum atomic E-state index is 13.1. The molecule has 5 rings (SSSR count). The summed E-state index contributed by atoms with van der Waals surface area (Å²) in [5, 5.41) is 0. The zero-order valence-electron chi connectivity index (χ0n) is 15.0. The van der Waals surface area contributed by atoms with E-state index >= 15 is 0 Å². The Morgan fingerprint density at radius 1 is 1.18 bits per heavy atom. The van der Waals surface area contributed by atoms with Crippen LogP contribution in [0.5, 0.6) is 0 Å². The van der Waals surface area contributed by atoms with Crippen molar-refractivity contribution in [1.82, 2.24) is 19.8 Å². The second kappa shape index (κ2) is 6.15. The molecule has 0 radical (unpaired) electrons. The summed E-state index contributed by atoms with van der Waals surface area (Å²) in [6.07, 6.45) is 4.01. The van der Waals surface area contributed by atoms with Crippen LogP contribution in [0.3, 0.4) is 0 Å². The van der Waals surface area contributed by atoms with Crippen molar-refractivity contribution in [3.8, 4) is 0 Å². The number of hydrogen-bond acceptors (Lipinski definition) is 6. The van der Waals surface area contributed by atoms with E-state index in [0.717, 1.165) is 0 Å². The predicted molar refractivity (Wildman–Crippen MR) is 96.3 cm³/mol. The van der Waals surface area contributed by atoms with Gasteiger partial charge in [0.05, 0.1) is 25.3 Å². The van der Waals surface area contributed by atoms with Gasteiger partial charge in [-0.1, -0.05) is 0 Å². The highest BCUT2D eigenvalue weighted by Gasteiger charge is 2.62. The van der Waals surface area contributed by atoms with Gasteiger partial charge in [-0.2, -0.15) is 0 Å². The Balaban J connectivity index is 1.33. The van der Waals surface area contributed by atoms with Crippen LogP contribution < -0.4 is 4.90 Å². The Bertz CT molecular complexity index is 917. The lowest BCUT2D eigenvalue weighted by atomic mass is 9.84. The average molecular weight is 383 g/mol. The van der Waals surface area contributed by atoms with Crippen LogP contribution in [0.15, 0.2) is 42.9 Å². The summed E-state index contributed by atoms with van der Waals surface area (Å²) >= 11 is 0. The number of piperazine rings is 1. The number of rotatable bonds is 2. The molecule has 1 atom stereocenters. The number of nitrogens with zero attached hydrogens (tertiary/aromatic N) is 5. The average Bonchev–Trinajstić information content (AvgIpc) is 3.00. The molecular formula is C19H18FN5O3. The summed E-state index contributed by atoms with van der Waals surface area (Å²) in [6.45, 7) is 2.26. The van der Waals surface area contributed by atoms with E-state index in [1.807, 2.05) is 4.90 Å². The highest BCUT2D eigenvalue weighted by molar-refractivity contribution is 5.94. The molecule has 1 unspecified atom stereocenters. The monoisotopic (exact) mass is 383 g/mol. The number of aromatic nitrogens is 2. The van der Waals surface area contributed by atoms with E-state index in [4.69, 9.17) is 4.74 Å². The summed E-state index contributed by atoms with van der Waals surface area (Å²) in [6, 6.07) is 6.13. The Kier molecular flexibility index (Phi) is 3.71. The predicted octanol–water partition coefficient (Wildman–Crippen LogP) is 1.15. The number of hydrogen-bond donors (Lipinski definition) is 0. The van der Waals surface area contributed by atoms with Crippen LogP contribution >= 0.6 is 0 Å². The van der Waals surface area contributed by atoms with E-state index in [1.54, 1.807) is 40.4 Å². The zero-order valence-corrected chi connectivity index (χ0v) is 15.0. The van der Waals surface area contributed by atoms with E-state index < -0.39 is 11.4 Å². The van der Waals surface area contributed by atoms with Crippen molar-refractivity contribution in [2.24, 2.45) is 0 Å².